The van der Waals surface area contributed by atoms with Gasteiger partial charge in [-0.1, -0.05) is 35.9 Å². The fourth-order valence-electron chi connectivity index (χ4n) is 3.55. The van der Waals surface area contributed by atoms with Gasteiger partial charge in [0.2, 0.25) is 15.9 Å². The molecule has 4 rings (SSSR count). The number of ether oxygens (including phenoxy) is 1. The molecular formula is C22H21ClN2O5S2. The third-order valence-electron chi connectivity index (χ3n) is 5.33. The number of rotatable bonds is 5. The van der Waals surface area contributed by atoms with Crippen LogP contribution in [0, 0.1) is 0 Å². The van der Waals surface area contributed by atoms with Gasteiger partial charge in [0.05, 0.1) is 20.4 Å². The number of carbonyl (C=O) groups is 2. The van der Waals surface area contributed by atoms with Crippen molar-refractivity contribution in [3.63, 3.8) is 0 Å². The molecule has 1 aliphatic rings. The molecule has 2 heterocycles. The van der Waals surface area contributed by atoms with E-state index in [4.69, 9.17) is 16.3 Å². The Morgan fingerprint density at radius 2 is 1.78 bits per heavy atom. The van der Waals surface area contributed by atoms with E-state index in [1.807, 2.05) is 24.3 Å². The molecule has 0 atom stereocenters. The van der Waals surface area contributed by atoms with Crippen LogP contribution in [0.3, 0.4) is 0 Å². The van der Waals surface area contributed by atoms with E-state index >= 15 is 0 Å². The highest BCUT2D eigenvalue weighted by atomic mass is 35.5. The third-order valence-corrected chi connectivity index (χ3v) is 8.91. The van der Waals surface area contributed by atoms with Gasteiger partial charge in [-0.25, -0.2) is 13.2 Å². The van der Waals surface area contributed by atoms with Crippen LogP contribution in [0.4, 0.5) is 0 Å². The molecule has 0 saturated carbocycles. The smallest absolute Gasteiger partial charge is 0.338 e. The van der Waals surface area contributed by atoms with Crippen LogP contribution in [0.1, 0.15) is 22.2 Å². The van der Waals surface area contributed by atoms with Crippen LogP contribution in [-0.2, 0) is 26.2 Å². The van der Waals surface area contributed by atoms with E-state index in [2.05, 4.69) is 0 Å². The summed E-state index contributed by atoms with van der Waals surface area (Å²) < 4.78 is 33.8. The van der Waals surface area contributed by atoms with Crippen molar-refractivity contribution in [1.82, 2.24) is 9.21 Å². The lowest BCUT2D eigenvalue weighted by atomic mass is 10.2. The van der Waals surface area contributed by atoms with E-state index in [9.17, 15) is 18.0 Å². The first-order valence-corrected chi connectivity index (χ1v) is 12.6. The van der Waals surface area contributed by atoms with Gasteiger partial charge < -0.3 is 9.64 Å². The standard InChI is InChI=1S/C22H21ClN2O5S2/c1-15(26)24-9-11-25(12-10-24)32(28,29)17-6-4-5-16(13-17)22(27)30-14-20-21(23)18-7-2-3-8-19(18)31-20/h2-8,13H,9-12,14H2,1H3. The predicted octanol–water partition coefficient (Wildman–Crippen LogP) is 3.76. The van der Waals surface area contributed by atoms with E-state index in [1.54, 1.807) is 4.90 Å². The van der Waals surface area contributed by atoms with E-state index in [1.165, 1.54) is 46.8 Å². The molecule has 0 unspecified atom stereocenters. The van der Waals surface area contributed by atoms with Gasteiger partial charge in [-0.15, -0.1) is 11.3 Å². The van der Waals surface area contributed by atoms with Gasteiger partial charge in [-0.3, -0.25) is 4.79 Å². The number of carbonyl (C=O) groups excluding carboxylic acids is 2. The van der Waals surface area contributed by atoms with E-state index < -0.39 is 16.0 Å². The second kappa shape index (κ2) is 9.19. The largest absolute Gasteiger partial charge is 0.456 e. The molecule has 32 heavy (non-hydrogen) atoms. The van der Waals surface area contributed by atoms with Crippen molar-refractivity contribution in [2.75, 3.05) is 26.2 Å². The van der Waals surface area contributed by atoms with Gasteiger partial charge in [-0.2, -0.15) is 4.31 Å². The maximum Gasteiger partial charge on any atom is 0.338 e. The number of nitrogens with zero attached hydrogens (tertiary/aromatic N) is 2. The van der Waals surface area contributed by atoms with Crippen LogP contribution in [-0.4, -0.2) is 55.7 Å². The van der Waals surface area contributed by atoms with Gasteiger partial charge in [0.15, 0.2) is 0 Å². The number of hydrogen-bond acceptors (Lipinski definition) is 6. The zero-order valence-electron chi connectivity index (χ0n) is 17.3. The predicted molar refractivity (Wildman–Crippen MR) is 123 cm³/mol. The molecule has 10 heteroatoms. The highest BCUT2D eigenvalue weighted by molar-refractivity contribution is 7.89. The van der Waals surface area contributed by atoms with Crippen LogP contribution in [0.2, 0.25) is 5.02 Å². The Morgan fingerprint density at radius 1 is 1.06 bits per heavy atom. The highest BCUT2D eigenvalue weighted by Gasteiger charge is 2.29. The summed E-state index contributed by atoms with van der Waals surface area (Å²) in [7, 11) is -3.79. The molecule has 0 spiro atoms. The molecular weight excluding hydrogens is 472 g/mol. The van der Waals surface area contributed by atoms with Gasteiger partial charge in [0.1, 0.15) is 6.61 Å². The summed E-state index contributed by atoms with van der Waals surface area (Å²) in [6.07, 6.45) is 0. The molecule has 168 valence electrons. The van der Waals surface area contributed by atoms with Crippen molar-refractivity contribution in [3.8, 4) is 0 Å². The number of sulfonamides is 1. The Labute approximate surface area is 195 Å². The second-order valence-corrected chi connectivity index (χ2v) is 10.8. The quantitative estimate of drug-likeness (QED) is 0.506. The first-order valence-electron chi connectivity index (χ1n) is 9.96. The Kier molecular flexibility index (Phi) is 6.52. The number of thiophene rings is 1. The Morgan fingerprint density at radius 3 is 2.47 bits per heavy atom. The summed E-state index contributed by atoms with van der Waals surface area (Å²) >= 11 is 7.85. The number of esters is 1. The molecule has 1 saturated heterocycles. The zero-order valence-corrected chi connectivity index (χ0v) is 19.7. The SMILES string of the molecule is CC(=O)N1CCN(S(=O)(=O)c2cccc(C(=O)OCc3sc4ccccc4c3Cl)c2)CC1. The van der Waals surface area contributed by atoms with Crippen molar-refractivity contribution >= 4 is 54.9 Å². The molecule has 1 aromatic heterocycles. The minimum atomic E-state index is -3.79. The Hall–Kier alpha value is -2.46. The number of halogens is 1. The van der Waals surface area contributed by atoms with Crippen molar-refractivity contribution in [3.05, 3.63) is 64.0 Å². The molecule has 3 aromatic rings. The van der Waals surface area contributed by atoms with Crippen molar-refractivity contribution in [2.24, 2.45) is 0 Å². The maximum atomic E-state index is 13.0. The minimum Gasteiger partial charge on any atom is -0.456 e. The normalized spacial score (nSPS) is 15.1. The fourth-order valence-corrected chi connectivity index (χ4v) is 6.42. The van der Waals surface area contributed by atoms with Crippen LogP contribution < -0.4 is 0 Å². The Bertz CT molecular complexity index is 1280. The number of amides is 1. The van der Waals surface area contributed by atoms with Gasteiger partial charge in [0.25, 0.3) is 0 Å². The van der Waals surface area contributed by atoms with Gasteiger partial charge in [0, 0.05) is 43.2 Å². The molecule has 2 aromatic carbocycles. The summed E-state index contributed by atoms with van der Waals surface area (Å²) in [6.45, 7) is 2.56. The first kappa shape index (κ1) is 22.7. The van der Waals surface area contributed by atoms with E-state index in [0.717, 1.165) is 15.0 Å². The summed E-state index contributed by atoms with van der Waals surface area (Å²) in [5, 5.41) is 1.46. The molecule has 0 radical (unpaired) electrons. The average Bonchev–Trinajstić information content (AvgIpc) is 3.13. The Balaban J connectivity index is 1.46. The average molecular weight is 493 g/mol. The van der Waals surface area contributed by atoms with E-state index in [-0.39, 0.29) is 36.1 Å². The lowest BCUT2D eigenvalue weighted by molar-refractivity contribution is -0.129. The molecule has 1 aliphatic heterocycles. The maximum absolute atomic E-state index is 13.0. The van der Waals surface area contributed by atoms with Gasteiger partial charge >= 0.3 is 5.97 Å². The van der Waals surface area contributed by atoms with Gasteiger partial charge in [-0.05, 0) is 24.3 Å². The second-order valence-electron chi connectivity index (χ2n) is 7.35. The number of benzene rings is 2. The molecule has 0 bridgehead atoms. The van der Waals surface area contributed by atoms with Crippen molar-refractivity contribution < 1.29 is 22.7 Å². The van der Waals surface area contributed by atoms with Crippen LogP contribution >= 0.6 is 22.9 Å². The molecule has 1 fully saturated rings. The minimum absolute atomic E-state index is 0.000989. The van der Waals surface area contributed by atoms with Crippen LogP contribution in [0.15, 0.2) is 53.4 Å². The number of fused-ring (bicyclic) bond motifs is 1. The summed E-state index contributed by atoms with van der Waals surface area (Å²) in [5.74, 6) is -0.706. The fraction of sp³-hybridized carbons (Fsp3) is 0.273. The molecule has 7 nitrogen and oxygen atoms in total. The summed E-state index contributed by atoms with van der Waals surface area (Å²) in [5.41, 5.74) is 0.144. The lowest BCUT2D eigenvalue weighted by Gasteiger charge is -2.33. The lowest BCUT2D eigenvalue weighted by Crippen LogP contribution is -2.49. The third kappa shape index (κ3) is 4.52. The molecule has 1 amide bonds. The summed E-state index contributed by atoms with van der Waals surface area (Å²) in [4.78, 5) is 26.4. The molecule has 0 N–H and O–H groups in total. The first-order chi connectivity index (χ1) is 15.3. The van der Waals surface area contributed by atoms with Crippen LogP contribution in [0.5, 0.6) is 0 Å². The topological polar surface area (TPSA) is 84.0 Å². The monoisotopic (exact) mass is 492 g/mol. The van der Waals surface area contributed by atoms with E-state index in [0.29, 0.717) is 18.1 Å². The molecule has 0 aliphatic carbocycles. The zero-order chi connectivity index (χ0) is 22.9. The number of hydrogen-bond donors (Lipinski definition) is 0. The van der Waals surface area contributed by atoms with Crippen molar-refractivity contribution in [1.29, 1.82) is 0 Å². The van der Waals surface area contributed by atoms with Crippen LogP contribution in [0.25, 0.3) is 10.1 Å². The highest BCUT2D eigenvalue weighted by Crippen LogP contribution is 2.35. The van der Waals surface area contributed by atoms with Crippen molar-refractivity contribution in [2.45, 2.75) is 18.4 Å². The summed E-state index contributed by atoms with van der Waals surface area (Å²) in [6, 6.07) is 13.5. The number of piperazine rings is 1.